The first-order valence-corrected chi connectivity index (χ1v) is 7.47. The molecule has 0 aliphatic rings. The fourth-order valence-electron chi connectivity index (χ4n) is 2.22. The topological polar surface area (TPSA) is 28.4 Å². The van der Waals surface area contributed by atoms with Gasteiger partial charge in [0.2, 0.25) is 0 Å². The van der Waals surface area contributed by atoms with Gasteiger partial charge in [-0.3, -0.25) is 4.90 Å². The summed E-state index contributed by atoms with van der Waals surface area (Å²) in [5.74, 6) is 1.05. The highest BCUT2D eigenvalue weighted by Gasteiger charge is 2.13. The molecule has 3 heteroatoms. The molecule has 0 atom stereocenters. The quantitative estimate of drug-likeness (QED) is 0.875. The highest BCUT2D eigenvalue weighted by Crippen LogP contribution is 2.15. The van der Waals surface area contributed by atoms with Gasteiger partial charge in [-0.2, -0.15) is 0 Å². The zero-order valence-corrected chi connectivity index (χ0v) is 13.5. The maximum absolute atomic E-state index is 5.66. The fourth-order valence-corrected chi connectivity index (χ4v) is 2.22. The zero-order chi connectivity index (χ0) is 15.3. The van der Waals surface area contributed by atoms with E-state index in [9.17, 15) is 0 Å². The number of furan rings is 1. The first kappa shape index (κ1) is 15.8. The highest BCUT2D eigenvalue weighted by molar-refractivity contribution is 5.18. The molecule has 2 aromatic rings. The first-order valence-electron chi connectivity index (χ1n) is 7.47. The summed E-state index contributed by atoms with van der Waals surface area (Å²) in [6.07, 6.45) is 1.78. The van der Waals surface area contributed by atoms with E-state index in [4.69, 9.17) is 4.42 Å². The van der Waals surface area contributed by atoms with E-state index in [1.54, 1.807) is 6.26 Å². The summed E-state index contributed by atoms with van der Waals surface area (Å²) < 4.78 is 5.66. The van der Waals surface area contributed by atoms with E-state index < -0.39 is 0 Å². The molecule has 0 aliphatic heterocycles. The van der Waals surface area contributed by atoms with Gasteiger partial charge < -0.3 is 9.73 Å². The van der Waals surface area contributed by atoms with Gasteiger partial charge in [0.1, 0.15) is 5.76 Å². The molecule has 0 amide bonds. The third kappa shape index (κ3) is 5.37. The van der Waals surface area contributed by atoms with E-state index in [1.807, 2.05) is 6.07 Å². The van der Waals surface area contributed by atoms with Gasteiger partial charge in [-0.1, -0.05) is 30.3 Å². The van der Waals surface area contributed by atoms with Gasteiger partial charge >= 0.3 is 0 Å². The maximum atomic E-state index is 5.66. The molecule has 0 aliphatic carbocycles. The largest absolute Gasteiger partial charge is 0.468 e. The lowest BCUT2D eigenvalue weighted by Gasteiger charge is -2.21. The van der Waals surface area contributed by atoms with E-state index >= 15 is 0 Å². The summed E-state index contributed by atoms with van der Waals surface area (Å²) >= 11 is 0. The minimum atomic E-state index is 0.116. The van der Waals surface area contributed by atoms with Crippen LogP contribution in [-0.4, -0.2) is 17.5 Å². The Labute approximate surface area is 128 Å². The first-order chi connectivity index (χ1) is 9.94. The van der Waals surface area contributed by atoms with Crippen LogP contribution >= 0.6 is 0 Å². The molecule has 0 saturated carbocycles. The van der Waals surface area contributed by atoms with Gasteiger partial charge in [-0.25, -0.2) is 0 Å². The molecule has 0 bridgehead atoms. The Kier molecular flexibility index (Phi) is 5.21. The average molecular weight is 286 g/mol. The van der Waals surface area contributed by atoms with Gasteiger partial charge in [-0.15, -0.1) is 0 Å². The van der Waals surface area contributed by atoms with Crippen LogP contribution in [0.3, 0.4) is 0 Å². The molecule has 1 heterocycles. The number of benzene rings is 1. The summed E-state index contributed by atoms with van der Waals surface area (Å²) in [7, 11) is 2.12. The van der Waals surface area contributed by atoms with Gasteiger partial charge in [-0.05, 0) is 39.4 Å². The number of nitrogens with zero attached hydrogens (tertiary/aromatic N) is 1. The molecule has 3 nitrogen and oxygen atoms in total. The van der Waals surface area contributed by atoms with Crippen molar-refractivity contribution in [2.45, 2.75) is 45.9 Å². The molecule has 0 saturated heterocycles. The lowest BCUT2D eigenvalue weighted by Crippen LogP contribution is -2.35. The maximum Gasteiger partial charge on any atom is 0.122 e. The molecule has 21 heavy (non-hydrogen) atoms. The highest BCUT2D eigenvalue weighted by atomic mass is 16.3. The number of nitrogens with one attached hydrogen (secondary N) is 1. The fraction of sp³-hybridized carbons (Fsp3) is 0.444. The summed E-state index contributed by atoms with van der Waals surface area (Å²) in [4.78, 5) is 2.27. The van der Waals surface area contributed by atoms with Crippen LogP contribution in [0, 0.1) is 0 Å². The van der Waals surface area contributed by atoms with Crippen molar-refractivity contribution in [3.63, 3.8) is 0 Å². The molecule has 1 aromatic heterocycles. The molecular formula is C18H26N2O. The second-order valence-corrected chi connectivity index (χ2v) is 6.63. The van der Waals surface area contributed by atoms with Crippen LogP contribution in [-0.2, 0) is 19.6 Å². The summed E-state index contributed by atoms with van der Waals surface area (Å²) in [6.45, 7) is 9.11. The minimum absolute atomic E-state index is 0.116. The Morgan fingerprint density at radius 1 is 1.05 bits per heavy atom. The van der Waals surface area contributed by atoms with Crippen LogP contribution < -0.4 is 5.32 Å². The van der Waals surface area contributed by atoms with E-state index in [0.717, 1.165) is 25.4 Å². The Bertz CT molecular complexity index is 540. The van der Waals surface area contributed by atoms with Gasteiger partial charge in [0.05, 0.1) is 12.8 Å². The summed E-state index contributed by atoms with van der Waals surface area (Å²) in [5.41, 5.74) is 2.68. The third-order valence-electron chi connectivity index (χ3n) is 3.36. The lowest BCUT2D eigenvalue weighted by molar-refractivity contribution is 0.285. The molecule has 1 aromatic carbocycles. The van der Waals surface area contributed by atoms with Crippen molar-refractivity contribution in [1.29, 1.82) is 0 Å². The third-order valence-corrected chi connectivity index (χ3v) is 3.36. The normalized spacial score (nSPS) is 12.0. The van der Waals surface area contributed by atoms with Crippen molar-refractivity contribution in [2.24, 2.45) is 0 Å². The Morgan fingerprint density at radius 2 is 1.76 bits per heavy atom. The lowest BCUT2D eigenvalue weighted by atomic mass is 10.1. The van der Waals surface area contributed by atoms with Crippen LogP contribution in [0.2, 0.25) is 0 Å². The number of hydrogen-bond donors (Lipinski definition) is 1. The molecule has 0 fully saturated rings. The van der Waals surface area contributed by atoms with Gasteiger partial charge in [0.15, 0.2) is 0 Å². The zero-order valence-electron chi connectivity index (χ0n) is 13.5. The van der Waals surface area contributed by atoms with Crippen molar-refractivity contribution in [1.82, 2.24) is 10.2 Å². The second-order valence-electron chi connectivity index (χ2n) is 6.63. The van der Waals surface area contributed by atoms with Crippen LogP contribution in [0.25, 0.3) is 0 Å². The molecular weight excluding hydrogens is 260 g/mol. The molecule has 2 rings (SSSR count). The van der Waals surface area contributed by atoms with E-state index in [-0.39, 0.29) is 5.54 Å². The molecule has 0 spiro atoms. The molecule has 114 valence electrons. The van der Waals surface area contributed by atoms with Crippen molar-refractivity contribution in [2.75, 3.05) is 7.05 Å². The minimum Gasteiger partial charge on any atom is -0.468 e. The van der Waals surface area contributed by atoms with E-state index in [1.165, 1.54) is 11.1 Å². The molecule has 0 radical (unpaired) electrons. The SMILES string of the molecule is CN(Cc1ccccc1)Cc1occc1CNC(C)(C)C. The number of hydrogen-bond acceptors (Lipinski definition) is 3. The number of rotatable bonds is 6. The van der Waals surface area contributed by atoms with Crippen LogP contribution in [0.15, 0.2) is 47.1 Å². The standard InChI is InChI=1S/C18H26N2O/c1-18(2,3)19-12-16-10-11-21-17(16)14-20(4)13-15-8-6-5-7-9-15/h5-11,19H,12-14H2,1-4H3. The molecule has 0 unspecified atom stereocenters. The summed E-state index contributed by atoms with van der Waals surface area (Å²) in [5, 5.41) is 3.51. The monoisotopic (exact) mass is 286 g/mol. The molecule has 1 N–H and O–H groups in total. The Hall–Kier alpha value is -1.58. The van der Waals surface area contributed by atoms with E-state index in [0.29, 0.717) is 0 Å². The average Bonchev–Trinajstić information content (AvgIpc) is 2.84. The van der Waals surface area contributed by atoms with Gasteiger partial charge in [0, 0.05) is 24.2 Å². The van der Waals surface area contributed by atoms with E-state index in [2.05, 4.69) is 68.4 Å². The predicted octanol–water partition coefficient (Wildman–Crippen LogP) is 3.80. The van der Waals surface area contributed by atoms with Crippen molar-refractivity contribution in [3.05, 3.63) is 59.5 Å². The summed E-state index contributed by atoms with van der Waals surface area (Å²) in [6, 6.07) is 12.6. The van der Waals surface area contributed by atoms with Crippen molar-refractivity contribution in [3.8, 4) is 0 Å². The van der Waals surface area contributed by atoms with Crippen LogP contribution in [0.5, 0.6) is 0 Å². The van der Waals surface area contributed by atoms with Crippen molar-refractivity contribution < 1.29 is 4.42 Å². The van der Waals surface area contributed by atoms with Crippen LogP contribution in [0.4, 0.5) is 0 Å². The van der Waals surface area contributed by atoms with Crippen molar-refractivity contribution >= 4 is 0 Å². The predicted molar refractivity (Wildman–Crippen MR) is 86.9 cm³/mol. The smallest absolute Gasteiger partial charge is 0.122 e. The Balaban J connectivity index is 1.92. The second kappa shape index (κ2) is 6.92. The Morgan fingerprint density at radius 3 is 2.43 bits per heavy atom. The van der Waals surface area contributed by atoms with Crippen LogP contribution in [0.1, 0.15) is 37.7 Å². The van der Waals surface area contributed by atoms with Gasteiger partial charge in [0.25, 0.3) is 0 Å².